The van der Waals surface area contributed by atoms with E-state index in [4.69, 9.17) is 4.74 Å². The van der Waals surface area contributed by atoms with Crippen molar-refractivity contribution in [3.8, 4) is 11.8 Å². The van der Waals surface area contributed by atoms with Gasteiger partial charge in [-0.25, -0.2) is 4.39 Å². The molecule has 1 atom stereocenters. The molecule has 5 nitrogen and oxygen atoms in total. The number of aromatic nitrogens is 3. The molecule has 0 aliphatic heterocycles. The van der Waals surface area contributed by atoms with E-state index in [0.29, 0.717) is 23.7 Å². The molecule has 0 spiro atoms. The van der Waals surface area contributed by atoms with Crippen LogP contribution in [0.25, 0.3) is 0 Å². The van der Waals surface area contributed by atoms with E-state index in [9.17, 15) is 9.65 Å². The van der Waals surface area contributed by atoms with Crippen LogP contribution in [0, 0.1) is 17.1 Å². The third-order valence-corrected chi connectivity index (χ3v) is 5.08. The number of para-hydroxylation sites is 1. The van der Waals surface area contributed by atoms with Crippen LogP contribution in [0.2, 0.25) is 0 Å². The molecule has 3 rings (SSSR count). The average molecular weight is 382 g/mol. The molecule has 1 aromatic heterocycles. The SMILES string of the molecule is CCn1c(SCc2ccccc2C#N)nnc1C(C)Oc1ccccc1F. The van der Waals surface area contributed by atoms with Gasteiger partial charge in [-0.2, -0.15) is 5.26 Å². The minimum atomic E-state index is -0.449. The monoisotopic (exact) mass is 382 g/mol. The van der Waals surface area contributed by atoms with Gasteiger partial charge >= 0.3 is 0 Å². The summed E-state index contributed by atoms with van der Waals surface area (Å²) in [6, 6.07) is 16.0. The highest BCUT2D eigenvalue weighted by atomic mass is 32.2. The highest BCUT2D eigenvalue weighted by Crippen LogP contribution is 2.28. The molecule has 2 aromatic carbocycles. The van der Waals surface area contributed by atoms with E-state index in [0.717, 1.165) is 10.7 Å². The molecule has 0 bridgehead atoms. The van der Waals surface area contributed by atoms with Gasteiger partial charge in [0.05, 0.1) is 11.6 Å². The number of ether oxygens (including phenoxy) is 1. The summed E-state index contributed by atoms with van der Waals surface area (Å²) in [7, 11) is 0. The lowest BCUT2D eigenvalue weighted by Gasteiger charge is -2.16. The van der Waals surface area contributed by atoms with E-state index in [-0.39, 0.29) is 5.75 Å². The van der Waals surface area contributed by atoms with Crippen LogP contribution >= 0.6 is 11.8 Å². The lowest BCUT2D eigenvalue weighted by Crippen LogP contribution is -2.12. The maximum absolute atomic E-state index is 13.8. The smallest absolute Gasteiger partial charge is 0.191 e. The van der Waals surface area contributed by atoms with Crippen molar-refractivity contribution in [1.29, 1.82) is 5.26 Å². The first-order valence-electron chi connectivity index (χ1n) is 8.59. The van der Waals surface area contributed by atoms with E-state index >= 15 is 0 Å². The quantitative estimate of drug-likeness (QED) is 0.552. The third kappa shape index (κ3) is 4.29. The molecule has 27 heavy (non-hydrogen) atoms. The molecule has 0 N–H and O–H groups in total. The van der Waals surface area contributed by atoms with Crippen molar-refractivity contribution in [2.24, 2.45) is 0 Å². The topological polar surface area (TPSA) is 63.7 Å². The standard InChI is InChI=1S/C20H19FN4OS/c1-3-25-19(14(2)26-18-11-7-6-10-17(18)21)23-24-20(25)27-13-16-9-5-4-8-15(16)12-22/h4-11,14H,3,13H2,1-2H3. The molecule has 0 aliphatic rings. The van der Waals surface area contributed by atoms with E-state index in [1.54, 1.807) is 24.3 Å². The van der Waals surface area contributed by atoms with Crippen LogP contribution in [0.5, 0.6) is 5.75 Å². The lowest BCUT2D eigenvalue weighted by molar-refractivity contribution is 0.200. The number of thioether (sulfide) groups is 1. The van der Waals surface area contributed by atoms with Gasteiger partial charge in [-0.05, 0) is 37.6 Å². The summed E-state index contributed by atoms with van der Waals surface area (Å²) in [5.74, 6) is 1.03. The third-order valence-electron chi connectivity index (χ3n) is 4.06. The second kappa shape index (κ2) is 8.69. The van der Waals surface area contributed by atoms with E-state index in [1.807, 2.05) is 36.6 Å². The summed E-state index contributed by atoms with van der Waals surface area (Å²) in [6.07, 6.45) is -0.449. The summed E-state index contributed by atoms with van der Waals surface area (Å²) in [4.78, 5) is 0. The van der Waals surface area contributed by atoms with Crippen LogP contribution in [0.4, 0.5) is 4.39 Å². The van der Waals surface area contributed by atoms with Crippen molar-refractivity contribution in [2.45, 2.75) is 37.4 Å². The minimum absolute atomic E-state index is 0.188. The molecule has 0 amide bonds. The zero-order chi connectivity index (χ0) is 19.2. The molecule has 0 radical (unpaired) electrons. The molecule has 0 saturated heterocycles. The second-order valence-electron chi connectivity index (χ2n) is 5.83. The first kappa shape index (κ1) is 18.9. The van der Waals surface area contributed by atoms with Gasteiger partial charge in [-0.15, -0.1) is 10.2 Å². The Morgan fingerprint density at radius 3 is 2.67 bits per heavy atom. The van der Waals surface area contributed by atoms with Crippen molar-refractivity contribution in [3.63, 3.8) is 0 Å². The number of nitriles is 1. The minimum Gasteiger partial charge on any atom is -0.480 e. The Kier molecular flexibility index (Phi) is 6.09. The van der Waals surface area contributed by atoms with Gasteiger partial charge in [0, 0.05) is 12.3 Å². The molecule has 7 heteroatoms. The Hall–Kier alpha value is -2.85. The van der Waals surface area contributed by atoms with E-state index < -0.39 is 11.9 Å². The maximum atomic E-state index is 13.8. The summed E-state index contributed by atoms with van der Waals surface area (Å²) in [5.41, 5.74) is 1.61. The largest absolute Gasteiger partial charge is 0.480 e. The Morgan fingerprint density at radius 1 is 1.19 bits per heavy atom. The van der Waals surface area contributed by atoms with Crippen molar-refractivity contribution in [2.75, 3.05) is 0 Å². The number of hydrogen-bond donors (Lipinski definition) is 0. The van der Waals surface area contributed by atoms with Gasteiger partial charge in [0.15, 0.2) is 28.7 Å². The van der Waals surface area contributed by atoms with Crippen LogP contribution in [0.1, 0.15) is 36.9 Å². The molecule has 3 aromatic rings. The average Bonchev–Trinajstić information content (AvgIpc) is 3.11. The summed E-state index contributed by atoms with van der Waals surface area (Å²) in [5, 5.41) is 18.5. The normalized spacial score (nSPS) is 11.8. The predicted molar refractivity (Wildman–Crippen MR) is 102 cm³/mol. The summed E-state index contributed by atoms with van der Waals surface area (Å²) >= 11 is 1.51. The first-order valence-corrected chi connectivity index (χ1v) is 9.57. The fraction of sp³-hybridized carbons (Fsp3) is 0.250. The Bertz CT molecular complexity index is 967. The van der Waals surface area contributed by atoms with Crippen molar-refractivity contribution < 1.29 is 9.13 Å². The van der Waals surface area contributed by atoms with Crippen LogP contribution in [0.3, 0.4) is 0 Å². The van der Waals surface area contributed by atoms with Crippen molar-refractivity contribution in [1.82, 2.24) is 14.8 Å². The number of benzene rings is 2. The summed E-state index contributed by atoms with van der Waals surface area (Å²) in [6.45, 7) is 4.48. The van der Waals surface area contributed by atoms with Gasteiger partial charge in [-0.3, -0.25) is 0 Å². The molecule has 1 heterocycles. The van der Waals surface area contributed by atoms with Crippen LogP contribution in [0.15, 0.2) is 53.7 Å². The van der Waals surface area contributed by atoms with Crippen molar-refractivity contribution >= 4 is 11.8 Å². The lowest BCUT2D eigenvalue weighted by atomic mass is 10.1. The van der Waals surface area contributed by atoms with E-state index in [2.05, 4.69) is 16.3 Å². The van der Waals surface area contributed by atoms with Gasteiger partial charge in [-0.1, -0.05) is 42.1 Å². The Balaban J connectivity index is 1.76. The molecule has 0 aliphatic carbocycles. The molecule has 1 unspecified atom stereocenters. The number of halogens is 1. The molecule has 0 saturated carbocycles. The highest BCUT2D eigenvalue weighted by Gasteiger charge is 2.20. The van der Waals surface area contributed by atoms with Crippen molar-refractivity contribution in [3.05, 3.63) is 71.3 Å². The number of hydrogen-bond acceptors (Lipinski definition) is 5. The Morgan fingerprint density at radius 2 is 1.93 bits per heavy atom. The number of rotatable bonds is 7. The van der Waals surface area contributed by atoms with Gasteiger partial charge < -0.3 is 9.30 Å². The fourth-order valence-electron chi connectivity index (χ4n) is 2.69. The van der Waals surface area contributed by atoms with Crippen LogP contribution in [-0.4, -0.2) is 14.8 Å². The first-order chi connectivity index (χ1) is 13.1. The van der Waals surface area contributed by atoms with Gasteiger partial charge in [0.2, 0.25) is 0 Å². The maximum Gasteiger partial charge on any atom is 0.191 e. The van der Waals surface area contributed by atoms with Gasteiger partial charge in [0.1, 0.15) is 0 Å². The fourth-order valence-corrected chi connectivity index (χ4v) is 3.70. The molecule has 138 valence electrons. The van der Waals surface area contributed by atoms with E-state index in [1.165, 1.54) is 17.8 Å². The van der Waals surface area contributed by atoms with Crippen LogP contribution < -0.4 is 4.74 Å². The molecule has 0 fully saturated rings. The predicted octanol–water partition coefficient (Wildman–Crippen LogP) is 4.74. The molecular weight excluding hydrogens is 363 g/mol. The second-order valence-corrected chi connectivity index (χ2v) is 6.78. The van der Waals surface area contributed by atoms with Gasteiger partial charge in [0.25, 0.3) is 0 Å². The number of nitrogens with zero attached hydrogens (tertiary/aromatic N) is 4. The Labute approximate surface area is 161 Å². The zero-order valence-corrected chi connectivity index (χ0v) is 15.9. The highest BCUT2D eigenvalue weighted by molar-refractivity contribution is 7.98. The zero-order valence-electron chi connectivity index (χ0n) is 15.1. The molecular formula is C20H19FN4OS. The summed E-state index contributed by atoms with van der Waals surface area (Å²) < 4.78 is 21.5. The van der Waals surface area contributed by atoms with Crippen LogP contribution in [-0.2, 0) is 12.3 Å².